The van der Waals surface area contributed by atoms with E-state index in [1.807, 2.05) is 12.1 Å². The van der Waals surface area contributed by atoms with Crippen LogP contribution in [0.15, 0.2) is 85.1 Å². The van der Waals surface area contributed by atoms with E-state index in [4.69, 9.17) is 5.26 Å². The van der Waals surface area contributed by atoms with Gasteiger partial charge in [-0.1, -0.05) is 54.6 Å². The van der Waals surface area contributed by atoms with Crippen molar-refractivity contribution in [2.45, 2.75) is 64.0 Å². The highest BCUT2D eigenvalue weighted by molar-refractivity contribution is 5.96. The summed E-state index contributed by atoms with van der Waals surface area (Å²) in [7, 11) is 0. The first-order valence-corrected chi connectivity index (χ1v) is 16.3. The molecule has 2 saturated heterocycles. The van der Waals surface area contributed by atoms with Crippen molar-refractivity contribution in [3.8, 4) is 6.07 Å². The Morgan fingerprint density at radius 2 is 1.56 bits per heavy atom. The van der Waals surface area contributed by atoms with Crippen molar-refractivity contribution in [3.63, 3.8) is 0 Å². The number of hydrogen-bond acceptors (Lipinski definition) is 4. The Morgan fingerprint density at radius 3 is 2.30 bits per heavy atom. The van der Waals surface area contributed by atoms with Crippen LogP contribution in [0.1, 0.15) is 77.9 Å². The summed E-state index contributed by atoms with van der Waals surface area (Å²) in [5.74, 6) is 1.55. The van der Waals surface area contributed by atoms with Gasteiger partial charge in [0, 0.05) is 42.2 Å². The minimum Gasteiger partial charge on any atom is -0.347 e. The molecule has 0 aliphatic carbocycles. The second-order valence-corrected chi connectivity index (χ2v) is 12.7. The van der Waals surface area contributed by atoms with Crippen LogP contribution in [0, 0.1) is 17.2 Å². The smallest absolute Gasteiger partial charge is 0.162 e. The fraction of sp³-hybridized carbons (Fsp3) is 0.421. The summed E-state index contributed by atoms with van der Waals surface area (Å²) in [4.78, 5) is 18.1. The molecule has 0 N–H and O–H groups in total. The first-order valence-electron chi connectivity index (χ1n) is 16.3. The highest BCUT2D eigenvalue weighted by Gasteiger charge is 2.22. The monoisotopic (exact) mass is 572 g/mol. The van der Waals surface area contributed by atoms with Crippen LogP contribution >= 0.6 is 0 Å². The fourth-order valence-electron chi connectivity index (χ4n) is 7.11. The number of aryl methyl sites for hydroxylation is 1. The van der Waals surface area contributed by atoms with Gasteiger partial charge in [0.15, 0.2) is 5.78 Å². The van der Waals surface area contributed by atoms with Gasteiger partial charge in [-0.3, -0.25) is 9.69 Å². The number of aromatic nitrogens is 1. The topological polar surface area (TPSA) is 52.3 Å². The summed E-state index contributed by atoms with van der Waals surface area (Å²) in [6, 6.07) is 29.6. The normalized spacial score (nSPS) is 17.3. The molecule has 3 heterocycles. The molecule has 0 radical (unpaired) electrons. The van der Waals surface area contributed by atoms with E-state index in [1.165, 1.54) is 42.3 Å². The summed E-state index contributed by atoms with van der Waals surface area (Å²) < 4.78 is 2.31. The zero-order valence-electron chi connectivity index (χ0n) is 25.3. The third kappa shape index (κ3) is 7.63. The number of carbonyl (C=O) groups excluding carboxylic acids is 1. The van der Waals surface area contributed by atoms with Crippen molar-refractivity contribution in [3.05, 3.63) is 107 Å². The van der Waals surface area contributed by atoms with Gasteiger partial charge in [0.25, 0.3) is 0 Å². The summed E-state index contributed by atoms with van der Waals surface area (Å²) >= 11 is 0. The minimum absolute atomic E-state index is 0.300. The number of nitrogens with zero attached hydrogens (tertiary/aromatic N) is 4. The lowest BCUT2D eigenvalue weighted by Crippen LogP contribution is -2.34. The van der Waals surface area contributed by atoms with Gasteiger partial charge >= 0.3 is 0 Å². The number of rotatable bonds is 11. The summed E-state index contributed by atoms with van der Waals surface area (Å²) in [5.41, 5.74) is 5.58. The van der Waals surface area contributed by atoms with Gasteiger partial charge in [0.05, 0.1) is 11.6 Å². The largest absolute Gasteiger partial charge is 0.347 e. The Morgan fingerprint density at radius 1 is 0.814 bits per heavy atom. The molecule has 4 aromatic rings. The predicted molar refractivity (Wildman–Crippen MR) is 174 cm³/mol. The maximum absolute atomic E-state index is 13.0. The molecule has 0 bridgehead atoms. The van der Waals surface area contributed by atoms with Crippen molar-refractivity contribution >= 4 is 16.7 Å². The quantitative estimate of drug-likeness (QED) is 0.173. The summed E-state index contributed by atoms with van der Waals surface area (Å²) in [6.07, 6.45) is 9.71. The number of Topliss-reactive ketones (excluding diaryl/α,β-unsaturated/α-hetero) is 1. The van der Waals surface area contributed by atoms with E-state index in [1.54, 1.807) is 0 Å². The Kier molecular flexibility index (Phi) is 9.67. The average molecular weight is 573 g/mol. The van der Waals surface area contributed by atoms with E-state index in [0.29, 0.717) is 24.0 Å². The molecule has 0 atom stereocenters. The van der Waals surface area contributed by atoms with Gasteiger partial charge in [0.2, 0.25) is 0 Å². The lowest BCUT2D eigenvalue weighted by atomic mass is 9.87. The summed E-state index contributed by atoms with van der Waals surface area (Å²) in [5, 5.41) is 10.3. The molecule has 43 heavy (non-hydrogen) atoms. The van der Waals surface area contributed by atoms with E-state index in [2.05, 4.69) is 93.4 Å². The molecule has 0 unspecified atom stereocenters. The SMILES string of the molecule is N#Cc1ccc2c(ccn2CCCN2CCC(c3ccc(C(=O)CCC4CCN(Cc5ccccc5)CC4)cc3)CC2)c1. The minimum atomic E-state index is 0.300. The van der Waals surface area contributed by atoms with Crippen LogP contribution < -0.4 is 0 Å². The van der Waals surface area contributed by atoms with Crippen molar-refractivity contribution in [2.24, 2.45) is 5.92 Å². The summed E-state index contributed by atoms with van der Waals surface area (Å²) in [6.45, 7) is 7.69. The average Bonchev–Trinajstić information content (AvgIpc) is 3.47. The van der Waals surface area contributed by atoms with E-state index >= 15 is 0 Å². The first-order chi connectivity index (χ1) is 21.1. The van der Waals surface area contributed by atoms with Crippen molar-refractivity contribution in [1.82, 2.24) is 14.4 Å². The van der Waals surface area contributed by atoms with E-state index in [-0.39, 0.29) is 0 Å². The number of likely N-dealkylation sites (tertiary alicyclic amines) is 2. The van der Waals surface area contributed by atoms with Crippen LogP contribution in [-0.2, 0) is 13.1 Å². The van der Waals surface area contributed by atoms with Crippen molar-refractivity contribution in [2.75, 3.05) is 32.7 Å². The molecule has 0 amide bonds. The molecule has 0 saturated carbocycles. The molecule has 6 rings (SSSR count). The van der Waals surface area contributed by atoms with Crippen LogP contribution in [-0.4, -0.2) is 52.9 Å². The molecule has 3 aromatic carbocycles. The van der Waals surface area contributed by atoms with Gasteiger partial charge in [-0.25, -0.2) is 0 Å². The Bertz CT molecular complexity index is 1520. The maximum Gasteiger partial charge on any atom is 0.162 e. The predicted octanol–water partition coefficient (Wildman–Crippen LogP) is 7.66. The van der Waals surface area contributed by atoms with Gasteiger partial charge in [-0.05, 0) is 118 Å². The Balaban J connectivity index is 0.891. The first kappa shape index (κ1) is 29.4. The molecule has 1 aromatic heterocycles. The second kappa shape index (κ2) is 14.2. The standard InChI is InChI=1S/C38H44N4O/c39-28-32-7-13-37-36(27-32)19-26-42(37)21-4-20-40-24-17-34(18-25-40)33-9-11-35(12-10-33)38(43)14-8-30-15-22-41(23-16-30)29-31-5-2-1-3-6-31/h1-3,5-7,9-13,19,26-27,30,34H,4,8,14-18,20-25,29H2. The van der Waals surface area contributed by atoms with Gasteiger partial charge in [-0.2, -0.15) is 5.26 Å². The number of piperidine rings is 2. The number of nitriles is 1. The van der Waals surface area contributed by atoms with Crippen molar-refractivity contribution < 1.29 is 4.79 Å². The van der Waals surface area contributed by atoms with Gasteiger partial charge in [-0.15, -0.1) is 0 Å². The van der Waals surface area contributed by atoms with Crippen molar-refractivity contribution in [1.29, 1.82) is 5.26 Å². The molecule has 5 heteroatoms. The number of fused-ring (bicyclic) bond motifs is 1. The Hall–Kier alpha value is -3.72. The number of ketones is 1. The zero-order chi connectivity index (χ0) is 29.4. The fourth-order valence-corrected chi connectivity index (χ4v) is 7.11. The molecular weight excluding hydrogens is 528 g/mol. The Labute approximate surface area is 256 Å². The lowest BCUT2D eigenvalue weighted by molar-refractivity contribution is 0.0961. The highest BCUT2D eigenvalue weighted by Crippen LogP contribution is 2.29. The van der Waals surface area contributed by atoms with Crippen LogP contribution in [0.2, 0.25) is 0 Å². The van der Waals surface area contributed by atoms with E-state index in [9.17, 15) is 4.79 Å². The van der Waals surface area contributed by atoms with E-state index in [0.717, 1.165) is 75.2 Å². The number of hydrogen-bond donors (Lipinski definition) is 0. The second-order valence-electron chi connectivity index (χ2n) is 12.7. The highest BCUT2D eigenvalue weighted by atomic mass is 16.1. The molecule has 0 spiro atoms. The molecule has 2 fully saturated rings. The molecule has 5 nitrogen and oxygen atoms in total. The lowest BCUT2D eigenvalue weighted by Gasteiger charge is -2.32. The molecular formula is C38H44N4O. The number of benzene rings is 3. The number of carbonyl (C=O) groups is 1. The van der Waals surface area contributed by atoms with Crippen LogP contribution in [0.4, 0.5) is 0 Å². The van der Waals surface area contributed by atoms with Crippen LogP contribution in [0.5, 0.6) is 0 Å². The molecule has 2 aliphatic rings. The van der Waals surface area contributed by atoms with Crippen LogP contribution in [0.25, 0.3) is 10.9 Å². The molecule has 222 valence electrons. The third-order valence-corrected chi connectivity index (χ3v) is 9.80. The third-order valence-electron chi connectivity index (χ3n) is 9.80. The van der Waals surface area contributed by atoms with Crippen LogP contribution in [0.3, 0.4) is 0 Å². The molecule has 2 aliphatic heterocycles. The maximum atomic E-state index is 13.0. The zero-order valence-corrected chi connectivity index (χ0v) is 25.3. The van der Waals surface area contributed by atoms with Gasteiger partial charge < -0.3 is 9.47 Å². The van der Waals surface area contributed by atoms with E-state index < -0.39 is 0 Å². The van der Waals surface area contributed by atoms with Gasteiger partial charge in [0.1, 0.15) is 0 Å².